The second-order valence-electron chi connectivity index (χ2n) is 5.46. The van der Waals surface area contributed by atoms with Crippen LogP contribution in [0.3, 0.4) is 0 Å². The average molecular weight is 303 g/mol. The number of aromatic nitrogens is 1. The SMILES string of the molecule is COCC1(CNc2ccnc(C(F)(F)F)c2)CCNCC1. The van der Waals surface area contributed by atoms with Crippen molar-refractivity contribution in [3.8, 4) is 0 Å². The number of halogens is 3. The maximum atomic E-state index is 12.6. The molecule has 0 aliphatic carbocycles. The second-order valence-corrected chi connectivity index (χ2v) is 5.46. The van der Waals surface area contributed by atoms with E-state index in [0.29, 0.717) is 18.8 Å². The maximum absolute atomic E-state index is 12.6. The smallest absolute Gasteiger partial charge is 0.384 e. The van der Waals surface area contributed by atoms with Crippen molar-refractivity contribution in [3.05, 3.63) is 24.0 Å². The van der Waals surface area contributed by atoms with Crippen molar-refractivity contribution < 1.29 is 17.9 Å². The molecule has 0 amide bonds. The number of rotatable bonds is 5. The number of methoxy groups -OCH3 is 1. The number of hydrogen-bond donors (Lipinski definition) is 2. The molecule has 0 unspecified atom stereocenters. The van der Waals surface area contributed by atoms with Gasteiger partial charge >= 0.3 is 6.18 Å². The highest BCUT2D eigenvalue weighted by Crippen LogP contribution is 2.31. The van der Waals surface area contributed by atoms with Crippen molar-refractivity contribution in [2.24, 2.45) is 5.41 Å². The Balaban J connectivity index is 2.04. The second kappa shape index (κ2) is 6.62. The molecule has 1 aromatic rings. The van der Waals surface area contributed by atoms with Crippen LogP contribution < -0.4 is 10.6 Å². The summed E-state index contributed by atoms with van der Waals surface area (Å²) in [4.78, 5) is 3.36. The standard InChI is InChI=1S/C14H20F3N3O/c1-21-10-13(3-6-18-7-4-13)9-20-11-2-5-19-12(8-11)14(15,16)17/h2,5,8,18H,3-4,6-7,9-10H2,1H3,(H,19,20). The minimum atomic E-state index is -4.42. The fraction of sp³-hybridized carbons (Fsp3) is 0.643. The van der Waals surface area contributed by atoms with Crippen LogP contribution in [-0.2, 0) is 10.9 Å². The summed E-state index contributed by atoms with van der Waals surface area (Å²) in [5.74, 6) is 0. The lowest BCUT2D eigenvalue weighted by molar-refractivity contribution is -0.141. The van der Waals surface area contributed by atoms with Gasteiger partial charge in [-0.3, -0.25) is 4.98 Å². The summed E-state index contributed by atoms with van der Waals surface area (Å²) < 4.78 is 43.2. The Kier molecular flexibility index (Phi) is 5.05. The minimum Gasteiger partial charge on any atom is -0.384 e. The summed E-state index contributed by atoms with van der Waals surface area (Å²) in [6.07, 6.45) is -1.37. The van der Waals surface area contributed by atoms with Gasteiger partial charge in [0.15, 0.2) is 0 Å². The minimum absolute atomic E-state index is 0.0400. The van der Waals surface area contributed by atoms with Crippen LogP contribution in [0.1, 0.15) is 18.5 Å². The monoisotopic (exact) mass is 303 g/mol. The van der Waals surface area contributed by atoms with Crippen LogP contribution in [0.25, 0.3) is 0 Å². The molecule has 2 rings (SSSR count). The summed E-state index contributed by atoms with van der Waals surface area (Å²) in [5, 5.41) is 6.39. The van der Waals surface area contributed by atoms with Crippen molar-refractivity contribution in [1.82, 2.24) is 10.3 Å². The van der Waals surface area contributed by atoms with E-state index < -0.39 is 11.9 Å². The van der Waals surface area contributed by atoms with Crippen LogP contribution >= 0.6 is 0 Å². The van der Waals surface area contributed by atoms with Gasteiger partial charge in [0.1, 0.15) is 5.69 Å². The molecule has 1 aliphatic rings. The number of alkyl halides is 3. The first-order valence-electron chi connectivity index (χ1n) is 6.92. The Morgan fingerprint density at radius 1 is 1.38 bits per heavy atom. The zero-order chi connectivity index (χ0) is 15.3. The van der Waals surface area contributed by atoms with Crippen LogP contribution in [0.15, 0.2) is 18.3 Å². The zero-order valence-corrected chi connectivity index (χ0v) is 12.0. The molecule has 1 aliphatic heterocycles. The number of piperidine rings is 1. The Morgan fingerprint density at radius 2 is 2.10 bits per heavy atom. The van der Waals surface area contributed by atoms with Gasteiger partial charge in [0.2, 0.25) is 0 Å². The highest BCUT2D eigenvalue weighted by molar-refractivity contribution is 5.44. The molecule has 0 radical (unpaired) electrons. The van der Waals surface area contributed by atoms with Crippen molar-refractivity contribution in [2.75, 3.05) is 38.7 Å². The van der Waals surface area contributed by atoms with Gasteiger partial charge in [-0.25, -0.2) is 0 Å². The molecule has 0 aromatic carbocycles. The Labute approximate surface area is 122 Å². The molecule has 0 spiro atoms. The number of anilines is 1. The highest BCUT2D eigenvalue weighted by Gasteiger charge is 2.34. The predicted molar refractivity (Wildman–Crippen MR) is 74.1 cm³/mol. The van der Waals surface area contributed by atoms with Crippen molar-refractivity contribution in [2.45, 2.75) is 19.0 Å². The van der Waals surface area contributed by atoms with Gasteiger partial charge in [0, 0.05) is 31.0 Å². The van der Waals surface area contributed by atoms with Crippen LogP contribution in [-0.4, -0.2) is 38.3 Å². The van der Waals surface area contributed by atoms with Gasteiger partial charge in [-0.15, -0.1) is 0 Å². The largest absolute Gasteiger partial charge is 0.433 e. The molecular formula is C14H20F3N3O. The van der Waals surface area contributed by atoms with E-state index in [0.717, 1.165) is 32.0 Å². The number of ether oxygens (including phenoxy) is 1. The Morgan fingerprint density at radius 3 is 2.71 bits per heavy atom. The van der Waals surface area contributed by atoms with Crippen LogP contribution in [0.5, 0.6) is 0 Å². The van der Waals surface area contributed by atoms with E-state index >= 15 is 0 Å². The molecular weight excluding hydrogens is 283 g/mol. The molecule has 2 heterocycles. The fourth-order valence-electron chi connectivity index (χ4n) is 2.62. The van der Waals surface area contributed by atoms with E-state index in [-0.39, 0.29) is 5.41 Å². The first-order chi connectivity index (χ1) is 9.95. The van der Waals surface area contributed by atoms with Gasteiger partial charge in [-0.05, 0) is 38.1 Å². The number of pyridine rings is 1. The molecule has 7 heteroatoms. The van der Waals surface area contributed by atoms with Crippen molar-refractivity contribution >= 4 is 5.69 Å². The summed E-state index contributed by atoms with van der Waals surface area (Å²) in [6, 6.07) is 2.60. The third-order valence-electron chi connectivity index (χ3n) is 3.83. The van der Waals surface area contributed by atoms with E-state index in [1.807, 2.05) is 0 Å². The quantitative estimate of drug-likeness (QED) is 0.877. The van der Waals surface area contributed by atoms with Crippen LogP contribution in [0.4, 0.5) is 18.9 Å². The van der Waals surface area contributed by atoms with Gasteiger partial charge in [0.25, 0.3) is 0 Å². The third-order valence-corrected chi connectivity index (χ3v) is 3.83. The fourth-order valence-corrected chi connectivity index (χ4v) is 2.62. The molecule has 1 saturated heterocycles. The lowest BCUT2D eigenvalue weighted by atomic mass is 9.79. The first kappa shape index (κ1) is 16.0. The molecule has 21 heavy (non-hydrogen) atoms. The van der Waals surface area contributed by atoms with Gasteiger partial charge < -0.3 is 15.4 Å². The molecule has 0 atom stereocenters. The molecule has 0 bridgehead atoms. The topological polar surface area (TPSA) is 46.2 Å². The van der Waals surface area contributed by atoms with E-state index in [4.69, 9.17) is 4.74 Å². The Bertz CT molecular complexity index is 454. The highest BCUT2D eigenvalue weighted by atomic mass is 19.4. The van der Waals surface area contributed by atoms with Crippen molar-refractivity contribution in [1.29, 1.82) is 0 Å². The molecule has 4 nitrogen and oxygen atoms in total. The predicted octanol–water partition coefficient (Wildman–Crippen LogP) is 2.53. The average Bonchev–Trinajstić information content (AvgIpc) is 2.46. The summed E-state index contributed by atoms with van der Waals surface area (Å²) in [5.41, 5.74) is -0.480. The normalized spacial score (nSPS) is 18.5. The lowest BCUT2D eigenvalue weighted by Gasteiger charge is -2.37. The number of nitrogens with one attached hydrogen (secondary N) is 2. The van der Waals surface area contributed by atoms with Crippen molar-refractivity contribution in [3.63, 3.8) is 0 Å². The molecule has 1 fully saturated rings. The lowest BCUT2D eigenvalue weighted by Crippen LogP contribution is -2.44. The van der Waals surface area contributed by atoms with Crippen LogP contribution in [0.2, 0.25) is 0 Å². The number of hydrogen-bond acceptors (Lipinski definition) is 4. The third kappa shape index (κ3) is 4.31. The van der Waals surface area contributed by atoms with E-state index in [1.165, 1.54) is 6.20 Å². The summed E-state index contributed by atoms with van der Waals surface area (Å²) in [7, 11) is 1.65. The van der Waals surface area contributed by atoms with E-state index in [9.17, 15) is 13.2 Å². The summed E-state index contributed by atoms with van der Waals surface area (Å²) in [6.45, 7) is 2.98. The van der Waals surface area contributed by atoms with Gasteiger partial charge in [-0.1, -0.05) is 0 Å². The van der Waals surface area contributed by atoms with Gasteiger partial charge in [0.05, 0.1) is 6.61 Å². The molecule has 118 valence electrons. The molecule has 1 aromatic heterocycles. The zero-order valence-electron chi connectivity index (χ0n) is 12.0. The molecule has 0 saturated carbocycles. The Hall–Kier alpha value is -1.34. The summed E-state index contributed by atoms with van der Waals surface area (Å²) >= 11 is 0. The first-order valence-corrected chi connectivity index (χ1v) is 6.92. The van der Waals surface area contributed by atoms with Crippen LogP contribution in [0, 0.1) is 5.41 Å². The maximum Gasteiger partial charge on any atom is 0.433 e. The molecule has 2 N–H and O–H groups in total. The number of nitrogens with zero attached hydrogens (tertiary/aromatic N) is 1. The van der Waals surface area contributed by atoms with Gasteiger partial charge in [-0.2, -0.15) is 13.2 Å². The van der Waals surface area contributed by atoms with E-state index in [2.05, 4.69) is 15.6 Å². The van der Waals surface area contributed by atoms with E-state index in [1.54, 1.807) is 13.2 Å².